The molecule has 0 amide bonds. The van der Waals surface area contributed by atoms with Crippen LogP contribution in [0.15, 0.2) is 35.2 Å². The van der Waals surface area contributed by atoms with Crippen LogP contribution in [0.2, 0.25) is 0 Å². The Morgan fingerprint density at radius 1 is 1.29 bits per heavy atom. The van der Waals surface area contributed by atoms with E-state index in [0.29, 0.717) is 10.8 Å². The molecule has 1 N–H and O–H groups in total. The number of hydrogen-bond donors (Lipinski definition) is 1. The summed E-state index contributed by atoms with van der Waals surface area (Å²) in [6.45, 7) is 2.04. The van der Waals surface area contributed by atoms with Crippen molar-refractivity contribution in [1.29, 1.82) is 0 Å². The van der Waals surface area contributed by atoms with Gasteiger partial charge in [-0.3, -0.25) is 0 Å². The van der Waals surface area contributed by atoms with Gasteiger partial charge in [-0.1, -0.05) is 25.1 Å². The van der Waals surface area contributed by atoms with Gasteiger partial charge in [0.15, 0.2) is 0 Å². The van der Waals surface area contributed by atoms with E-state index in [1.807, 2.05) is 6.92 Å². The molecule has 2 atom stereocenters. The van der Waals surface area contributed by atoms with Crippen LogP contribution in [-0.2, 0) is 10.0 Å². The minimum Gasteiger partial charge on any atom is -0.208 e. The number of hydrogen-bond acceptors (Lipinski definition) is 2. The molecule has 0 radical (unpaired) electrons. The third-order valence-corrected chi connectivity index (χ3v) is 3.98. The summed E-state index contributed by atoms with van der Waals surface area (Å²) < 4.78 is 26.1. The summed E-state index contributed by atoms with van der Waals surface area (Å²) >= 11 is 0. The van der Waals surface area contributed by atoms with Crippen LogP contribution in [0.1, 0.15) is 13.3 Å². The Morgan fingerprint density at radius 3 is 2.36 bits per heavy atom. The van der Waals surface area contributed by atoms with Crippen molar-refractivity contribution in [2.75, 3.05) is 0 Å². The second-order valence-electron chi connectivity index (χ2n) is 3.75. The van der Waals surface area contributed by atoms with Crippen molar-refractivity contribution >= 4 is 10.0 Å². The van der Waals surface area contributed by atoms with Crippen molar-refractivity contribution in [3.8, 4) is 0 Å². The summed E-state index contributed by atoms with van der Waals surface area (Å²) in [4.78, 5) is 0.346. The molecule has 0 spiro atoms. The van der Waals surface area contributed by atoms with Crippen LogP contribution in [0.5, 0.6) is 0 Å². The SMILES string of the molecule is CC1CC1NS(=O)(=O)c1ccccc1. The summed E-state index contributed by atoms with van der Waals surface area (Å²) in [5.74, 6) is 0.480. The summed E-state index contributed by atoms with van der Waals surface area (Å²) in [5, 5.41) is 0. The molecule has 0 bridgehead atoms. The van der Waals surface area contributed by atoms with E-state index < -0.39 is 10.0 Å². The van der Waals surface area contributed by atoms with E-state index in [1.165, 1.54) is 0 Å². The van der Waals surface area contributed by atoms with Crippen molar-refractivity contribution in [2.45, 2.75) is 24.3 Å². The first-order valence-corrected chi connectivity index (χ1v) is 6.15. The predicted molar refractivity (Wildman–Crippen MR) is 54.3 cm³/mol. The van der Waals surface area contributed by atoms with Crippen LogP contribution in [0.4, 0.5) is 0 Å². The molecule has 0 saturated heterocycles. The standard InChI is InChI=1S/C10H13NO2S/c1-8-7-10(8)11-14(12,13)9-5-3-2-4-6-9/h2-6,8,10-11H,7H2,1H3. The number of rotatable bonds is 3. The van der Waals surface area contributed by atoms with Crippen molar-refractivity contribution in [2.24, 2.45) is 5.92 Å². The molecule has 4 heteroatoms. The van der Waals surface area contributed by atoms with E-state index in [0.717, 1.165) is 6.42 Å². The molecule has 2 unspecified atom stereocenters. The van der Waals surface area contributed by atoms with Gasteiger partial charge in [0.25, 0.3) is 0 Å². The maximum Gasteiger partial charge on any atom is 0.240 e. The number of nitrogens with one attached hydrogen (secondary N) is 1. The van der Waals surface area contributed by atoms with Crippen LogP contribution >= 0.6 is 0 Å². The topological polar surface area (TPSA) is 46.2 Å². The Kier molecular flexibility index (Phi) is 2.33. The van der Waals surface area contributed by atoms with Gasteiger partial charge < -0.3 is 0 Å². The Hall–Kier alpha value is -0.870. The lowest BCUT2D eigenvalue weighted by Crippen LogP contribution is -2.26. The fraction of sp³-hybridized carbons (Fsp3) is 0.400. The smallest absolute Gasteiger partial charge is 0.208 e. The summed E-state index contributed by atoms with van der Waals surface area (Å²) in [7, 11) is -3.28. The van der Waals surface area contributed by atoms with Gasteiger partial charge in [-0.2, -0.15) is 0 Å². The molecule has 2 rings (SSSR count). The van der Waals surface area contributed by atoms with Crippen LogP contribution in [0.3, 0.4) is 0 Å². The van der Waals surface area contributed by atoms with E-state index in [-0.39, 0.29) is 6.04 Å². The predicted octanol–water partition coefficient (Wildman–Crippen LogP) is 1.37. The highest BCUT2D eigenvalue weighted by Crippen LogP contribution is 2.30. The zero-order chi connectivity index (χ0) is 10.2. The average Bonchev–Trinajstić information content (AvgIpc) is 2.82. The van der Waals surface area contributed by atoms with Gasteiger partial charge in [0, 0.05) is 6.04 Å². The Bertz CT molecular complexity index is 413. The first-order valence-electron chi connectivity index (χ1n) is 4.67. The van der Waals surface area contributed by atoms with E-state index in [2.05, 4.69) is 4.72 Å². The van der Waals surface area contributed by atoms with E-state index >= 15 is 0 Å². The quantitative estimate of drug-likeness (QED) is 0.820. The molecule has 1 aliphatic carbocycles. The lowest BCUT2D eigenvalue weighted by molar-refractivity contribution is 0.578. The van der Waals surface area contributed by atoms with Crippen LogP contribution in [0, 0.1) is 5.92 Å². The molecular formula is C10H13NO2S. The molecule has 0 aromatic heterocycles. The molecule has 1 fully saturated rings. The highest BCUT2D eigenvalue weighted by atomic mass is 32.2. The highest BCUT2D eigenvalue weighted by molar-refractivity contribution is 7.89. The molecule has 0 heterocycles. The van der Waals surface area contributed by atoms with E-state index in [1.54, 1.807) is 30.3 Å². The fourth-order valence-corrected chi connectivity index (χ4v) is 2.73. The second-order valence-corrected chi connectivity index (χ2v) is 5.47. The maximum absolute atomic E-state index is 11.7. The average molecular weight is 211 g/mol. The van der Waals surface area contributed by atoms with Crippen molar-refractivity contribution in [3.05, 3.63) is 30.3 Å². The highest BCUT2D eigenvalue weighted by Gasteiger charge is 2.36. The molecule has 0 aliphatic heterocycles. The molecule has 3 nitrogen and oxygen atoms in total. The molecule has 1 aliphatic rings. The van der Waals surface area contributed by atoms with Crippen LogP contribution < -0.4 is 4.72 Å². The second kappa shape index (κ2) is 3.37. The summed E-state index contributed by atoms with van der Waals surface area (Å²) in [6.07, 6.45) is 0.950. The van der Waals surface area contributed by atoms with Gasteiger partial charge in [-0.15, -0.1) is 0 Å². The van der Waals surface area contributed by atoms with Gasteiger partial charge in [0.05, 0.1) is 4.90 Å². The molecule has 76 valence electrons. The molecule has 1 aromatic rings. The minimum absolute atomic E-state index is 0.139. The Labute approximate surface area is 84.2 Å². The lowest BCUT2D eigenvalue weighted by atomic mass is 10.4. The van der Waals surface area contributed by atoms with E-state index in [4.69, 9.17) is 0 Å². The van der Waals surface area contributed by atoms with Crippen LogP contribution in [0.25, 0.3) is 0 Å². The first kappa shape index (κ1) is 9.68. The number of benzene rings is 1. The first-order chi connectivity index (χ1) is 6.59. The molecule has 1 saturated carbocycles. The maximum atomic E-state index is 11.7. The van der Waals surface area contributed by atoms with Crippen molar-refractivity contribution < 1.29 is 8.42 Å². The summed E-state index contributed by atoms with van der Waals surface area (Å²) in [5.41, 5.74) is 0. The summed E-state index contributed by atoms with van der Waals surface area (Å²) in [6, 6.07) is 8.61. The van der Waals surface area contributed by atoms with Gasteiger partial charge >= 0.3 is 0 Å². The Morgan fingerprint density at radius 2 is 1.86 bits per heavy atom. The minimum atomic E-state index is -3.28. The van der Waals surface area contributed by atoms with Crippen molar-refractivity contribution in [1.82, 2.24) is 4.72 Å². The van der Waals surface area contributed by atoms with Gasteiger partial charge in [0.2, 0.25) is 10.0 Å². The Balaban J connectivity index is 2.17. The zero-order valence-electron chi connectivity index (χ0n) is 7.97. The van der Waals surface area contributed by atoms with Crippen LogP contribution in [-0.4, -0.2) is 14.5 Å². The largest absolute Gasteiger partial charge is 0.240 e. The molecule has 1 aromatic carbocycles. The third kappa shape index (κ3) is 1.96. The van der Waals surface area contributed by atoms with E-state index in [9.17, 15) is 8.42 Å². The van der Waals surface area contributed by atoms with Gasteiger partial charge in [-0.25, -0.2) is 13.1 Å². The van der Waals surface area contributed by atoms with Gasteiger partial charge in [0.1, 0.15) is 0 Å². The van der Waals surface area contributed by atoms with Crippen molar-refractivity contribution in [3.63, 3.8) is 0 Å². The molecular weight excluding hydrogens is 198 g/mol. The molecule has 14 heavy (non-hydrogen) atoms. The normalized spacial score (nSPS) is 26.1. The van der Waals surface area contributed by atoms with Gasteiger partial charge in [-0.05, 0) is 24.5 Å². The monoisotopic (exact) mass is 211 g/mol. The lowest BCUT2D eigenvalue weighted by Gasteiger charge is -2.04. The third-order valence-electron chi connectivity index (χ3n) is 2.47. The number of sulfonamides is 1. The fourth-order valence-electron chi connectivity index (χ4n) is 1.35. The zero-order valence-corrected chi connectivity index (χ0v) is 8.79.